The van der Waals surface area contributed by atoms with E-state index in [1.807, 2.05) is 0 Å². The molecular weight excluding hydrogens is 270 g/mol. The average Bonchev–Trinajstić information content (AvgIpc) is 2.94. The van der Waals surface area contributed by atoms with Gasteiger partial charge in [-0.1, -0.05) is 36.4 Å². The third-order valence-electron chi connectivity index (χ3n) is 5.56. The summed E-state index contributed by atoms with van der Waals surface area (Å²) in [7, 11) is 2.23. The highest BCUT2D eigenvalue weighted by Gasteiger charge is 2.35. The second kappa shape index (κ2) is 5.65. The Labute approximate surface area is 132 Å². The Hall–Kier alpha value is -1.42. The van der Waals surface area contributed by atoms with Gasteiger partial charge in [0.2, 0.25) is 0 Å². The molecule has 22 heavy (non-hydrogen) atoms. The molecule has 1 atom stereocenters. The van der Waals surface area contributed by atoms with Crippen LogP contribution >= 0.6 is 0 Å². The second-order valence-electron chi connectivity index (χ2n) is 6.81. The van der Waals surface area contributed by atoms with Crippen molar-refractivity contribution in [3.05, 3.63) is 47.5 Å². The van der Waals surface area contributed by atoms with Gasteiger partial charge in [-0.25, -0.2) is 0 Å². The van der Waals surface area contributed by atoms with Crippen LogP contribution in [0.2, 0.25) is 0 Å². The van der Waals surface area contributed by atoms with E-state index in [1.165, 1.54) is 47.8 Å². The Kier molecular flexibility index (Phi) is 3.65. The molecule has 0 spiro atoms. The normalized spacial score (nSPS) is 24.0. The van der Waals surface area contributed by atoms with E-state index >= 15 is 0 Å². The fourth-order valence-corrected chi connectivity index (χ4v) is 4.29. The maximum atomic E-state index is 6.16. The van der Waals surface area contributed by atoms with Crippen molar-refractivity contribution in [2.24, 2.45) is 5.73 Å². The van der Waals surface area contributed by atoms with Crippen LogP contribution in [-0.2, 0) is 6.54 Å². The van der Waals surface area contributed by atoms with Crippen LogP contribution in [0, 0.1) is 0 Å². The summed E-state index contributed by atoms with van der Waals surface area (Å²) in [4.78, 5) is 5.11. The molecule has 2 N–H and O–H groups in total. The molecule has 4 rings (SSSR count). The van der Waals surface area contributed by atoms with Crippen molar-refractivity contribution in [1.29, 1.82) is 0 Å². The fraction of sp³-hybridized carbons (Fsp3) is 0.474. The molecule has 0 aromatic heterocycles. The van der Waals surface area contributed by atoms with Gasteiger partial charge < -0.3 is 10.6 Å². The van der Waals surface area contributed by atoms with Crippen molar-refractivity contribution >= 4 is 10.8 Å². The van der Waals surface area contributed by atoms with E-state index in [0.29, 0.717) is 12.1 Å². The van der Waals surface area contributed by atoms with Gasteiger partial charge >= 0.3 is 0 Å². The van der Waals surface area contributed by atoms with E-state index in [4.69, 9.17) is 5.73 Å². The summed E-state index contributed by atoms with van der Waals surface area (Å²) >= 11 is 0. The lowest BCUT2D eigenvalue weighted by Crippen LogP contribution is -2.44. The van der Waals surface area contributed by atoms with Crippen molar-refractivity contribution in [3.8, 4) is 0 Å². The predicted octanol–water partition coefficient (Wildman–Crippen LogP) is 2.75. The van der Waals surface area contributed by atoms with Crippen molar-refractivity contribution in [2.75, 3.05) is 26.7 Å². The summed E-state index contributed by atoms with van der Waals surface area (Å²) in [6, 6.07) is 14.4. The molecule has 1 unspecified atom stereocenters. The van der Waals surface area contributed by atoms with Crippen LogP contribution < -0.4 is 5.73 Å². The summed E-state index contributed by atoms with van der Waals surface area (Å²) in [5.41, 5.74) is 9.13. The molecule has 2 aliphatic heterocycles. The molecule has 116 valence electrons. The number of nitrogens with zero attached hydrogens (tertiary/aromatic N) is 2. The van der Waals surface area contributed by atoms with Gasteiger partial charge in [-0.2, -0.15) is 0 Å². The van der Waals surface area contributed by atoms with Crippen LogP contribution in [0.15, 0.2) is 36.4 Å². The first-order chi connectivity index (χ1) is 10.8. The third-order valence-corrected chi connectivity index (χ3v) is 5.56. The Morgan fingerprint density at radius 3 is 2.64 bits per heavy atom. The van der Waals surface area contributed by atoms with Crippen LogP contribution in [0.1, 0.15) is 30.0 Å². The van der Waals surface area contributed by atoms with Gasteiger partial charge in [0.1, 0.15) is 0 Å². The molecule has 3 heteroatoms. The molecule has 3 nitrogen and oxygen atoms in total. The molecule has 1 saturated heterocycles. The number of benzene rings is 2. The van der Waals surface area contributed by atoms with Crippen molar-refractivity contribution in [3.63, 3.8) is 0 Å². The first kappa shape index (κ1) is 14.2. The summed E-state index contributed by atoms with van der Waals surface area (Å²) < 4.78 is 0. The summed E-state index contributed by atoms with van der Waals surface area (Å²) in [5.74, 6) is 0. The van der Waals surface area contributed by atoms with Crippen LogP contribution in [-0.4, -0.2) is 42.5 Å². The minimum absolute atomic E-state index is 0.396. The van der Waals surface area contributed by atoms with Gasteiger partial charge in [-0.05, 0) is 54.9 Å². The molecule has 0 amide bonds. The van der Waals surface area contributed by atoms with Gasteiger partial charge in [0, 0.05) is 25.2 Å². The average molecular weight is 295 g/mol. The third kappa shape index (κ3) is 2.24. The number of fused-ring (bicyclic) bond motifs is 3. The van der Waals surface area contributed by atoms with E-state index in [-0.39, 0.29) is 0 Å². The van der Waals surface area contributed by atoms with E-state index in [1.54, 1.807) is 0 Å². The van der Waals surface area contributed by atoms with E-state index < -0.39 is 0 Å². The molecule has 2 aliphatic rings. The Morgan fingerprint density at radius 2 is 1.86 bits per heavy atom. The Bertz CT molecular complexity index is 673. The molecule has 2 aromatic carbocycles. The first-order valence-electron chi connectivity index (χ1n) is 8.43. The number of likely N-dealkylation sites (tertiary alicyclic amines) is 1. The van der Waals surface area contributed by atoms with E-state index in [2.05, 4.69) is 53.2 Å². The highest BCUT2D eigenvalue weighted by atomic mass is 15.2. The molecule has 1 fully saturated rings. The molecule has 2 heterocycles. The van der Waals surface area contributed by atoms with Gasteiger partial charge in [-0.3, -0.25) is 4.90 Å². The molecule has 0 radical (unpaired) electrons. The SMILES string of the molecule is CN1CCC(N2Cc3c(ccc4ccccc34)C2CN)CC1. The number of hydrogen-bond acceptors (Lipinski definition) is 3. The number of rotatable bonds is 2. The van der Waals surface area contributed by atoms with Crippen LogP contribution in [0.4, 0.5) is 0 Å². The van der Waals surface area contributed by atoms with Crippen LogP contribution in [0.5, 0.6) is 0 Å². The molecule has 0 aliphatic carbocycles. The second-order valence-corrected chi connectivity index (χ2v) is 6.81. The zero-order valence-corrected chi connectivity index (χ0v) is 13.3. The first-order valence-corrected chi connectivity index (χ1v) is 8.43. The zero-order valence-electron chi connectivity index (χ0n) is 13.3. The highest BCUT2D eigenvalue weighted by molar-refractivity contribution is 5.87. The monoisotopic (exact) mass is 295 g/mol. The van der Waals surface area contributed by atoms with Crippen molar-refractivity contribution in [2.45, 2.75) is 31.5 Å². The number of piperidine rings is 1. The minimum Gasteiger partial charge on any atom is -0.329 e. The van der Waals surface area contributed by atoms with E-state index in [0.717, 1.165) is 13.1 Å². The van der Waals surface area contributed by atoms with Crippen molar-refractivity contribution < 1.29 is 0 Å². The lowest BCUT2D eigenvalue weighted by molar-refractivity contribution is 0.0910. The Morgan fingerprint density at radius 1 is 1.09 bits per heavy atom. The largest absolute Gasteiger partial charge is 0.329 e. The highest BCUT2D eigenvalue weighted by Crippen LogP contribution is 2.40. The maximum Gasteiger partial charge on any atom is 0.0480 e. The zero-order chi connectivity index (χ0) is 15.1. The molecule has 0 saturated carbocycles. The molecule has 2 aromatic rings. The molecule has 0 bridgehead atoms. The van der Waals surface area contributed by atoms with Gasteiger partial charge in [0.05, 0.1) is 0 Å². The minimum atomic E-state index is 0.396. The quantitative estimate of drug-likeness (QED) is 0.924. The van der Waals surface area contributed by atoms with Gasteiger partial charge in [-0.15, -0.1) is 0 Å². The fourth-order valence-electron chi connectivity index (χ4n) is 4.29. The standard InChI is InChI=1S/C19H25N3/c1-21-10-8-15(9-11-21)22-13-18-16-5-3-2-4-14(16)6-7-17(18)19(22)12-20/h2-7,15,19H,8-13,20H2,1H3. The lowest BCUT2D eigenvalue weighted by atomic mass is 9.98. The molecular formula is C19H25N3. The lowest BCUT2D eigenvalue weighted by Gasteiger charge is -2.38. The van der Waals surface area contributed by atoms with Crippen LogP contribution in [0.25, 0.3) is 10.8 Å². The maximum absolute atomic E-state index is 6.16. The van der Waals surface area contributed by atoms with Gasteiger partial charge in [0.15, 0.2) is 0 Å². The Balaban J connectivity index is 1.70. The summed E-state index contributed by atoms with van der Waals surface area (Å²) in [5, 5.41) is 2.76. The summed E-state index contributed by atoms with van der Waals surface area (Å²) in [6.45, 7) is 4.19. The smallest absolute Gasteiger partial charge is 0.0480 e. The number of hydrogen-bond donors (Lipinski definition) is 1. The predicted molar refractivity (Wildman–Crippen MR) is 91.8 cm³/mol. The topological polar surface area (TPSA) is 32.5 Å². The van der Waals surface area contributed by atoms with E-state index in [9.17, 15) is 0 Å². The van der Waals surface area contributed by atoms with Crippen molar-refractivity contribution in [1.82, 2.24) is 9.80 Å². The van der Waals surface area contributed by atoms with Gasteiger partial charge in [0.25, 0.3) is 0 Å². The van der Waals surface area contributed by atoms with Crippen LogP contribution in [0.3, 0.4) is 0 Å². The number of nitrogens with two attached hydrogens (primary N) is 1. The summed E-state index contributed by atoms with van der Waals surface area (Å²) in [6.07, 6.45) is 2.53.